The van der Waals surface area contributed by atoms with Gasteiger partial charge in [-0.1, -0.05) is 19.1 Å². The van der Waals surface area contributed by atoms with Gasteiger partial charge in [0.1, 0.15) is 5.82 Å². The van der Waals surface area contributed by atoms with Crippen LogP contribution >= 0.6 is 0 Å². The fourth-order valence-corrected chi connectivity index (χ4v) is 3.33. The number of aromatic nitrogens is 2. The summed E-state index contributed by atoms with van der Waals surface area (Å²) in [5.74, 6) is 0.974. The van der Waals surface area contributed by atoms with Gasteiger partial charge in [-0.25, -0.2) is 4.98 Å². The van der Waals surface area contributed by atoms with Gasteiger partial charge in [-0.3, -0.25) is 19.8 Å². The molecule has 0 saturated heterocycles. The molecule has 138 valence electrons. The number of nitrogens with one attached hydrogen (secondary N) is 1. The van der Waals surface area contributed by atoms with E-state index in [1.54, 1.807) is 18.2 Å². The molecule has 1 aliphatic rings. The number of aromatic amines is 1. The lowest BCUT2D eigenvalue weighted by molar-refractivity contribution is -0.386. The van der Waals surface area contributed by atoms with Gasteiger partial charge in [0, 0.05) is 38.0 Å². The van der Waals surface area contributed by atoms with E-state index in [0.717, 1.165) is 24.4 Å². The Morgan fingerprint density at radius 3 is 2.92 bits per heavy atom. The molecule has 1 aliphatic heterocycles. The van der Waals surface area contributed by atoms with E-state index >= 15 is 0 Å². The minimum atomic E-state index is -0.419. The van der Waals surface area contributed by atoms with Crippen LogP contribution < -0.4 is 10.3 Å². The Balaban J connectivity index is 1.85. The molecule has 0 radical (unpaired) electrons. The van der Waals surface area contributed by atoms with Crippen molar-refractivity contribution in [1.29, 1.82) is 0 Å². The van der Waals surface area contributed by atoms with E-state index in [1.165, 1.54) is 7.11 Å². The van der Waals surface area contributed by atoms with Gasteiger partial charge in [0.15, 0.2) is 5.75 Å². The number of rotatable bonds is 6. The maximum absolute atomic E-state index is 12.4. The highest BCUT2D eigenvalue weighted by atomic mass is 16.6. The number of hydrogen-bond acceptors (Lipinski definition) is 6. The van der Waals surface area contributed by atoms with Crippen LogP contribution in [0.25, 0.3) is 0 Å². The number of benzene rings is 1. The van der Waals surface area contributed by atoms with Crippen molar-refractivity contribution in [3.05, 3.63) is 61.3 Å². The molecule has 2 heterocycles. The quantitative estimate of drug-likeness (QED) is 0.627. The van der Waals surface area contributed by atoms with Crippen molar-refractivity contribution in [2.75, 3.05) is 13.7 Å². The Bertz CT molecular complexity index is 878. The zero-order valence-corrected chi connectivity index (χ0v) is 14.9. The average molecular weight is 358 g/mol. The van der Waals surface area contributed by atoms with E-state index in [9.17, 15) is 14.9 Å². The topological polar surface area (TPSA) is 101 Å². The van der Waals surface area contributed by atoms with Crippen LogP contribution in [-0.2, 0) is 25.9 Å². The van der Waals surface area contributed by atoms with Crippen LogP contribution in [0.3, 0.4) is 0 Å². The molecule has 0 saturated carbocycles. The third-order valence-corrected chi connectivity index (χ3v) is 4.56. The first-order valence-electron chi connectivity index (χ1n) is 8.67. The summed E-state index contributed by atoms with van der Waals surface area (Å²) in [5.41, 5.74) is 1.94. The molecule has 3 rings (SSSR count). The zero-order chi connectivity index (χ0) is 18.7. The van der Waals surface area contributed by atoms with Gasteiger partial charge in [-0.05, 0) is 12.5 Å². The van der Waals surface area contributed by atoms with Crippen molar-refractivity contribution < 1.29 is 9.66 Å². The third kappa shape index (κ3) is 3.60. The first kappa shape index (κ1) is 18.1. The maximum atomic E-state index is 12.4. The van der Waals surface area contributed by atoms with E-state index in [4.69, 9.17) is 4.74 Å². The number of hydrogen-bond donors (Lipinski definition) is 1. The summed E-state index contributed by atoms with van der Waals surface area (Å²) in [7, 11) is 1.42. The van der Waals surface area contributed by atoms with Crippen molar-refractivity contribution in [2.24, 2.45) is 0 Å². The van der Waals surface area contributed by atoms with Crippen LogP contribution in [0.5, 0.6) is 5.75 Å². The molecule has 1 aromatic carbocycles. The van der Waals surface area contributed by atoms with Crippen molar-refractivity contribution >= 4 is 5.69 Å². The van der Waals surface area contributed by atoms with E-state index in [-0.39, 0.29) is 17.0 Å². The van der Waals surface area contributed by atoms with Gasteiger partial charge in [0.05, 0.1) is 23.3 Å². The Morgan fingerprint density at radius 2 is 2.23 bits per heavy atom. The Hall–Kier alpha value is -2.74. The molecule has 0 spiro atoms. The lowest BCUT2D eigenvalue weighted by Crippen LogP contribution is -2.36. The molecule has 0 fully saturated rings. The molecule has 2 aromatic rings. The summed E-state index contributed by atoms with van der Waals surface area (Å²) in [5, 5.41) is 11.4. The van der Waals surface area contributed by atoms with Gasteiger partial charge in [0.2, 0.25) is 0 Å². The van der Waals surface area contributed by atoms with Gasteiger partial charge in [-0.2, -0.15) is 0 Å². The number of ether oxygens (including phenoxy) is 1. The monoisotopic (exact) mass is 358 g/mol. The minimum Gasteiger partial charge on any atom is -0.490 e. The number of aryl methyl sites for hydroxylation is 1. The van der Waals surface area contributed by atoms with Crippen LogP contribution in [0.2, 0.25) is 0 Å². The second-order valence-electron chi connectivity index (χ2n) is 6.37. The fourth-order valence-electron chi connectivity index (χ4n) is 3.33. The van der Waals surface area contributed by atoms with Gasteiger partial charge in [0.25, 0.3) is 5.56 Å². The van der Waals surface area contributed by atoms with E-state index < -0.39 is 4.92 Å². The van der Waals surface area contributed by atoms with Crippen LogP contribution in [0, 0.1) is 10.1 Å². The fraction of sp³-hybridized carbons (Fsp3) is 0.444. The summed E-state index contributed by atoms with van der Waals surface area (Å²) in [6.45, 7) is 3.55. The molecule has 8 heteroatoms. The number of nitro benzene ring substituents is 1. The predicted octanol–water partition coefficient (Wildman–Crippen LogP) is 2.20. The smallest absolute Gasteiger partial charge is 0.315 e. The standard InChI is InChI=1S/C18H22N4O4/c1-3-5-16-19-14-8-9-21(11-13(14)18(23)20-16)10-12-6-4-7-15(26-2)17(12)22(24)25/h4,6-7H,3,5,8-11H2,1-2H3,(H,19,20,23). The van der Waals surface area contributed by atoms with Gasteiger partial charge in [-0.15, -0.1) is 0 Å². The van der Waals surface area contributed by atoms with Crippen molar-refractivity contribution in [3.63, 3.8) is 0 Å². The lowest BCUT2D eigenvalue weighted by Gasteiger charge is -2.27. The molecular formula is C18H22N4O4. The lowest BCUT2D eigenvalue weighted by atomic mass is 10.0. The molecule has 26 heavy (non-hydrogen) atoms. The Labute approximate surface area is 151 Å². The summed E-state index contributed by atoms with van der Waals surface area (Å²) in [6.07, 6.45) is 2.34. The van der Waals surface area contributed by atoms with E-state index in [0.29, 0.717) is 37.2 Å². The SMILES string of the molecule is CCCc1nc2c(c(=O)[nH]1)CN(Cc1cccc(OC)c1[N+](=O)[O-])CC2. The molecule has 0 amide bonds. The number of fused-ring (bicyclic) bond motifs is 1. The predicted molar refractivity (Wildman–Crippen MR) is 96.3 cm³/mol. The third-order valence-electron chi connectivity index (χ3n) is 4.56. The number of methoxy groups -OCH3 is 1. The molecule has 0 unspecified atom stereocenters. The van der Waals surface area contributed by atoms with Crippen LogP contribution in [0.15, 0.2) is 23.0 Å². The molecule has 0 bridgehead atoms. The largest absolute Gasteiger partial charge is 0.490 e. The second-order valence-corrected chi connectivity index (χ2v) is 6.37. The van der Waals surface area contributed by atoms with Crippen LogP contribution in [0.1, 0.15) is 36.0 Å². The average Bonchev–Trinajstić information content (AvgIpc) is 2.62. The summed E-state index contributed by atoms with van der Waals surface area (Å²) >= 11 is 0. The van der Waals surface area contributed by atoms with Gasteiger partial charge >= 0.3 is 5.69 Å². The highest BCUT2D eigenvalue weighted by molar-refractivity contribution is 5.52. The molecule has 1 N–H and O–H groups in total. The van der Waals surface area contributed by atoms with Crippen molar-refractivity contribution in [2.45, 2.75) is 39.3 Å². The number of nitrogens with zero attached hydrogens (tertiary/aromatic N) is 3. The van der Waals surface area contributed by atoms with E-state index in [1.807, 2.05) is 11.8 Å². The number of nitro groups is 1. The summed E-state index contributed by atoms with van der Waals surface area (Å²) < 4.78 is 5.12. The first-order chi connectivity index (χ1) is 12.5. The highest BCUT2D eigenvalue weighted by Gasteiger charge is 2.25. The second kappa shape index (κ2) is 7.65. The van der Waals surface area contributed by atoms with Crippen LogP contribution in [0.4, 0.5) is 5.69 Å². The van der Waals surface area contributed by atoms with Crippen molar-refractivity contribution in [1.82, 2.24) is 14.9 Å². The molecule has 8 nitrogen and oxygen atoms in total. The highest BCUT2D eigenvalue weighted by Crippen LogP contribution is 2.32. The molecule has 1 aromatic heterocycles. The van der Waals surface area contributed by atoms with Gasteiger partial charge < -0.3 is 9.72 Å². The minimum absolute atomic E-state index is 0.0221. The zero-order valence-electron chi connectivity index (χ0n) is 14.9. The Kier molecular flexibility index (Phi) is 5.32. The first-order valence-corrected chi connectivity index (χ1v) is 8.67. The molecule has 0 aliphatic carbocycles. The molecule has 0 atom stereocenters. The maximum Gasteiger partial charge on any atom is 0.315 e. The van der Waals surface area contributed by atoms with Crippen molar-refractivity contribution in [3.8, 4) is 5.75 Å². The van der Waals surface area contributed by atoms with Crippen LogP contribution in [-0.4, -0.2) is 33.4 Å². The summed E-state index contributed by atoms with van der Waals surface area (Å²) in [4.78, 5) is 32.8. The number of para-hydroxylation sites is 1. The normalized spacial score (nSPS) is 14.1. The van der Waals surface area contributed by atoms with E-state index in [2.05, 4.69) is 9.97 Å². The summed E-state index contributed by atoms with van der Waals surface area (Å²) in [6, 6.07) is 5.05. The molecular weight excluding hydrogens is 336 g/mol. The Morgan fingerprint density at radius 1 is 1.42 bits per heavy atom. The number of H-pyrrole nitrogens is 1.